The lowest BCUT2D eigenvalue weighted by molar-refractivity contribution is -0.140. The molecule has 1 aliphatic heterocycles. The van der Waals surface area contributed by atoms with Crippen LogP contribution in [0.1, 0.15) is 6.92 Å². The summed E-state index contributed by atoms with van der Waals surface area (Å²) >= 11 is 0. The molecule has 4 N–H and O–H groups in total. The first-order valence-corrected chi connectivity index (χ1v) is 9.87. The van der Waals surface area contributed by atoms with Crippen LogP contribution in [0.5, 0.6) is 0 Å². The zero-order valence-corrected chi connectivity index (χ0v) is 18.4. The van der Waals surface area contributed by atoms with E-state index in [1.54, 1.807) is 4.90 Å². The zero-order valence-electron chi connectivity index (χ0n) is 18.4. The van der Waals surface area contributed by atoms with Crippen LogP contribution in [0.3, 0.4) is 0 Å². The Bertz CT molecular complexity index is 513. The summed E-state index contributed by atoms with van der Waals surface area (Å²) in [5.41, 5.74) is 0. The first-order chi connectivity index (χ1) is 14.7. The molecular weight excluding hydrogens is 411 g/mol. The normalized spacial score (nSPS) is 18.5. The lowest BCUT2D eigenvalue weighted by Gasteiger charge is -2.34. The fourth-order valence-electron chi connectivity index (χ4n) is 2.98. The smallest absolute Gasteiger partial charge is 0.317 e. The molecule has 13 heteroatoms. The number of aldehydes is 1. The number of hydrogen-bond acceptors (Lipinski definition) is 9. The van der Waals surface area contributed by atoms with E-state index in [1.165, 1.54) is 0 Å². The average molecular weight is 447 g/mol. The summed E-state index contributed by atoms with van der Waals surface area (Å²) in [6.45, 7) is 6.57. The summed E-state index contributed by atoms with van der Waals surface area (Å²) in [5, 5.41) is 32.1. The van der Waals surface area contributed by atoms with E-state index in [2.05, 4.69) is 12.7 Å². The largest absolute Gasteiger partial charge is 0.483 e. The van der Waals surface area contributed by atoms with E-state index in [-0.39, 0.29) is 25.5 Å². The van der Waals surface area contributed by atoms with Crippen molar-refractivity contribution in [3.8, 4) is 0 Å². The highest BCUT2D eigenvalue weighted by Crippen LogP contribution is 2.02. The molecule has 179 valence electrons. The van der Waals surface area contributed by atoms with Crippen LogP contribution in [0.2, 0.25) is 0 Å². The molecule has 0 amide bonds. The van der Waals surface area contributed by atoms with Crippen LogP contribution in [0.15, 0.2) is 0 Å². The molecule has 0 spiro atoms. The van der Waals surface area contributed by atoms with E-state index in [9.17, 15) is 14.4 Å². The maximum atomic E-state index is 11.1. The molecule has 0 saturated carbocycles. The molecule has 12 nitrogen and oxygen atoms in total. The van der Waals surface area contributed by atoms with Crippen molar-refractivity contribution in [1.82, 2.24) is 19.6 Å². The van der Waals surface area contributed by atoms with Gasteiger partial charge in [0.2, 0.25) is 0 Å². The molecule has 1 rings (SSSR count). The number of hydrogen-bond donors (Lipinski definition) is 4. The standard InChI is InChI=1S/C16H30BN4O5.CH2O2.CH4O/c1-14(17)21-8-6-18(10-11-22)2-3-19(12-15(23)24)4-5-20(7-9-21)13-16(25)26;2-1-3;1-2/h11,14,17H,2-10,12-13H2,1H3,(H,23,24)(H,25,26);1H,(H,2,3);2H,1H3. The molecule has 31 heavy (non-hydrogen) atoms. The molecule has 1 unspecified atom stereocenters. The van der Waals surface area contributed by atoms with Crippen molar-refractivity contribution < 1.29 is 39.6 Å². The molecule has 0 bridgehead atoms. The predicted octanol–water partition coefficient (Wildman–Crippen LogP) is -2.87. The number of aliphatic carboxylic acids is 2. The minimum absolute atomic E-state index is 0.0719. The Morgan fingerprint density at radius 1 is 0.839 bits per heavy atom. The highest BCUT2D eigenvalue weighted by molar-refractivity contribution is 6.11. The van der Waals surface area contributed by atoms with E-state index in [0.717, 1.165) is 19.9 Å². The number of carboxylic acid groups (broad SMARTS) is 3. The monoisotopic (exact) mass is 447 g/mol. The molecule has 1 radical (unpaired) electrons. The Labute approximate surface area is 184 Å². The molecule has 0 aliphatic carbocycles. The summed E-state index contributed by atoms with van der Waals surface area (Å²) in [7, 11) is 5.06. The second-order valence-corrected chi connectivity index (χ2v) is 6.80. The second kappa shape index (κ2) is 19.9. The first kappa shape index (κ1) is 31.1. The van der Waals surface area contributed by atoms with Gasteiger partial charge in [0.1, 0.15) is 14.1 Å². The van der Waals surface area contributed by atoms with Gasteiger partial charge in [0, 0.05) is 59.5 Å². The van der Waals surface area contributed by atoms with E-state index >= 15 is 0 Å². The van der Waals surface area contributed by atoms with Crippen molar-refractivity contribution >= 4 is 32.5 Å². The van der Waals surface area contributed by atoms with Gasteiger partial charge in [-0.1, -0.05) is 6.92 Å². The molecule has 1 heterocycles. The van der Waals surface area contributed by atoms with Crippen LogP contribution in [-0.2, 0) is 19.2 Å². The summed E-state index contributed by atoms with van der Waals surface area (Å²) in [5.74, 6) is -1.74. The minimum Gasteiger partial charge on any atom is -0.483 e. The van der Waals surface area contributed by atoms with Crippen LogP contribution < -0.4 is 0 Å². The Morgan fingerprint density at radius 3 is 1.48 bits per heavy atom. The highest BCUT2D eigenvalue weighted by atomic mass is 16.4. The van der Waals surface area contributed by atoms with E-state index in [0.29, 0.717) is 52.4 Å². The van der Waals surface area contributed by atoms with Gasteiger partial charge < -0.3 is 30.1 Å². The van der Waals surface area contributed by atoms with Gasteiger partial charge in [0.25, 0.3) is 6.47 Å². The van der Waals surface area contributed by atoms with Crippen molar-refractivity contribution in [2.45, 2.75) is 12.9 Å². The van der Waals surface area contributed by atoms with Gasteiger partial charge in [-0.05, 0) is 5.94 Å². The molecular formula is C18H36BN4O8. The van der Waals surface area contributed by atoms with Crippen LogP contribution in [0.25, 0.3) is 0 Å². The summed E-state index contributed by atoms with van der Waals surface area (Å²) < 4.78 is 0. The first-order valence-electron chi connectivity index (χ1n) is 9.87. The number of aliphatic hydroxyl groups is 1. The molecule has 1 saturated heterocycles. The van der Waals surface area contributed by atoms with Crippen molar-refractivity contribution in [3.63, 3.8) is 0 Å². The molecule has 0 aromatic heterocycles. The maximum absolute atomic E-state index is 11.1. The Balaban J connectivity index is 0. The molecule has 0 aromatic carbocycles. The van der Waals surface area contributed by atoms with Crippen molar-refractivity contribution in [3.05, 3.63) is 0 Å². The van der Waals surface area contributed by atoms with Crippen LogP contribution in [0, 0.1) is 0 Å². The fraction of sp³-hybridized carbons (Fsp3) is 0.778. The Hall–Kier alpha value is -2.06. The lowest BCUT2D eigenvalue weighted by Crippen LogP contribution is -2.49. The predicted molar refractivity (Wildman–Crippen MR) is 116 cm³/mol. The Morgan fingerprint density at radius 2 is 1.16 bits per heavy atom. The third kappa shape index (κ3) is 17.3. The van der Waals surface area contributed by atoms with Crippen molar-refractivity contribution in [2.24, 2.45) is 0 Å². The number of nitrogens with zero attached hydrogens (tertiary/aromatic N) is 4. The van der Waals surface area contributed by atoms with Gasteiger partial charge in [-0.25, -0.2) is 0 Å². The number of carbonyl (C=O) groups excluding carboxylic acids is 1. The third-order valence-corrected chi connectivity index (χ3v) is 4.55. The second-order valence-electron chi connectivity index (χ2n) is 6.80. The van der Waals surface area contributed by atoms with Gasteiger partial charge in [0.15, 0.2) is 0 Å². The van der Waals surface area contributed by atoms with Gasteiger partial charge in [-0.2, -0.15) is 0 Å². The van der Waals surface area contributed by atoms with E-state index in [1.807, 2.05) is 16.7 Å². The van der Waals surface area contributed by atoms with Crippen molar-refractivity contribution in [1.29, 1.82) is 0 Å². The van der Waals surface area contributed by atoms with Crippen LogP contribution in [0.4, 0.5) is 0 Å². The maximum Gasteiger partial charge on any atom is 0.317 e. The third-order valence-electron chi connectivity index (χ3n) is 4.55. The highest BCUT2D eigenvalue weighted by Gasteiger charge is 2.19. The molecule has 1 aliphatic rings. The van der Waals surface area contributed by atoms with Gasteiger partial charge >= 0.3 is 11.9 Å². The van der Waals surface area contributed by atoms with Crippen LogP contribution >= 0.6 is 0 Å². The summed E-state index contributed by atoms with van der Waals surface area (Å²) in [6.07, 6.45) is 0.861. The lowest BCUT2D eigenvalue weighted by atomic mass is 9.97. The number of aliphatic hydroxyl groups excluding tert-OH is 1. The number of carbonyl (C=O) groups is 4. The van der Waals surface area contributed by atoms with Gasteiger partial charge in [-0.15, -0.1) is 0 Å². The fourth-order valence-corrected chi connectivity index (χ4v) is 2.98. The van der Waals surface area contributed by atoms with Gasteiger partial charge in [0.05, 0.1) is 19.6 Å². The molecule has 1 fully saturated rings. The van der Waals surface area contributed by atoms with E-state index in [4.69, 9.17) is 25.2 Å². The summed E-state index contributed by atoms with van der Waals surface area (Å²) in [6, 6.07) is 0. The number of carboxylic acids is 2. The van der Waals surface area contributed by atoms with E-state index < -0.39 is 11.9 Å². The molecule has 0 aromatic rings. The average Bonchev–Trinajstić information content (AvgIpc) is 2.69. The Kier molecular flexibility index (Phi) is 20.0. The number of rotatable bonds is 7. The molecule has 1 atom stereocenters. The minimum atomic E-state index is -0.916. The zero-order chi connectivity index (χ0) is 24.2. The SMILES string of the molecule is CO.O=CO.[BH]C(C)N1CCN(CC=O)CCN(CC(=O)O)CCN(CC(=O)O)CC1. The van der Waals surface area contributed by atoms with Crippen molar-refractivity contribution in [2.75, 3.05) is 79.1 Å². The topological polar surface area (TPSA) is 162 Å². The summed E-state index contributed by atoms with van der Waals surface area (Å²) in [4.78, 5) is 49.3. The quantitative estimate of drug-likeness (QED) is 0.234. The van der Waals surface area contributed by atoms with Gasteiger partial charge in [-0.3, -0.25) is 29.1 Å². The van der Waals surface area contributed by atoms with Crippen LogP contribution in [-0.4, -0.2) is 158 Å².